The van der Waals surface area contributed by atoms with Crippen LogP contribution in [0.25, 0.3) is 0 Å². The van der Waals surface area contributed by atoms with Crippen LogP contribution in [0.15, 0.2) is 66.9 Å². The van der Waals surface area contributed by atoms with Gasteiger partial charge in [0, 0.05) is 49.4 Å². The Morgan fingerprint density at radius 1 is 0.943 bits per heavy atom. The number of nitriles is 1. The number of carbonyl (C=O) groups is 4. The van der Waals surface area contributed by atoms with Crippen LogP contribution in [-0.2, 0) is 31.8 Å². The molecule has 1 aliphatic carbocycles. The van der Waals surface area contributed by atoms with Gasteiger partial charge < -0.3 is 19.7 Å². The molecule has 368 valence electrons. The number of likely N-dealkylation sites (tertiary alicyclic amines) is 1. The van der Waals surface area contributed by atoms with E-state index in [0.717, 1.165) is 74.2 Å². The molecule has 17 nitrogen and oxygen atoms in total. The lowest BCUT2D eigenvalue weighted by molar-refractivity contribution is -0.136. The quantitative estimate of drug-likeness (QED) is 0.0793. The summed E-state index contributed by atoms with van der Waals surface area (Å²) >= 11 is 12.3. The number of hydrogen-bond acceptors (Lipinski definition) is 13. The second-order valence-corrected chi connectivity index (χ2v) is 21.9. The number of halogens is 2. The minimum Gasteiger partial charge on any atom is -0.489 e. The summed E-state index contributed by atoms with van der Waals surface area (Å²) < 4.78 is 42.7. The molecule has 3 aromatic carbocycles. The van der Waals surface area contributed by atoms with Crippen LogP contribution in [-0.4, -0.2) is 113 Å². The van der Waals surface area contributed by atoms with Crippen molar-refractivity contribution in [3.8, 4) is 17.6 Å². The highest BCUT2D eigenvalue weighted by Gasteiger charge is 2.49. The van der Waals surface area contributed by atoms with E-state index < -0.39 is 45.3 Å². The standard InChI is InChI=1S/C50H55Cl2N9O8S/c1-49(2,34-24-32(28-53)44(39(52)25-34)68-23-17-51)33-6-8-37(9-7-33)69-30-35-12-18-54-48(56-35)58-70(66,67)60-19-13-31(14-20-60)29-59-21-15-50(16-22-59)26-36(27-50)55-40-5-3-4-38-43(40)47(65)61(46(38)64)41-10-11-42(62)57-45(41)63/h3-9,12,18,24-25,31,36,41,55H,10-11,13-17,19-23,26-27,29-30H2,1-2H3,(H,54,56,58)(H,57,62,63). The molecule has 0 radical (unpaired) electrons. The molecule has 1 atom stereocenters. The summed E-state index contributed by atoms with van der Waals surface area (Å²) in [6.07, 6.45) is 7.17. The number of fused-ring (bicyclic) bond motifs is 1. The van der Waals surface area contributed by atoms with Crippen molar-refractivity contribution in [3.05, 3.63) is 105 Å². The van der Waals surface area contributed by atoms with Crippen LogP contribution in [0.4, 0.5) is 11.6 Å². The SMILES string of the molecule is CC(C)(c1ccc(OCc2ccnc(NS(=O)(=O)N3CCC(CN4CCC5(CC4)CC(Nc4cccc6c4C(=O)N(C4CCC(=O)NC4=O)C6=O)C5)CC3)n2)cc1)c1cc(Cl)c(OCCCl)c(C#N)c1. The first-order chi connectivity index (χ1) is 33.6. The van der Waals surface area contributed by atoms with Gasteiger partial charge in [-0.2, -0.15) is 18.0 Å². The summed E-state index contributed by atoms with van der Waals surface area (Å²) in [7, 11) is -3.90. The van der Waals surface area contributed by atoms with Gasteiger partial charge in [-0.1, -0.05) is 43.6 Å². The highest BCUT2D eigenvalue weighted by molar-refractivity contribution is 7.90. The van der Waals surface area contributed by atoms with Gasteiger partial charge in [-0.15, -0.1) is 11.6 Å². The lowest BCUT2D eigenvalue weighted by atomic mass is 9.60. The number of alkyl halides is 1. The van der Waals surface area contributed by atoms with E-state index in [1.807, 2.05) is 38.1 Å². The van der Waals surface area contributed by atoms with E-state index in [1.54, 1.807) is 36.4 Å². The van der Waals surface area contributed by atoms with Crippen molar-refractivity contribution < 1.29 is 37.1 Å². The van der Waals surface area contributed by atoms with Crippen molar-refractivity contribution >= 4 is 68.7 Å². The number of amides is 4. The predicted molar refractivity (Wildman–Crippen MR) is 262 cm³/mol. The molecule has 4 aliphatic heterocycles. The van der Waals surface area contributed by atoms with Crippen molar-refractivity contribution in [1.29, 1.82) is 5.26 Å². The number of rotatable bonds is 16. The Hall–Kier alpha value is -5.84. The Morgan fingerprint density at radius 3 is 2.39 bits per heavy atom. The lowest BCUT2D eigenvalue weighted by Crippen LogP contribution is -2.54. The summed E-state index contributed by atoms with van der Waals surface area (Å²) in [5, 5.41) is 15.9. The predicted octanol–water partition coefficient (Wildman–Crippen LogP) is 6.65. The molecule has 4 amide bonds. The molecule has 70 heavy (non-hydrogen) atoms. The number of hydrogen-bond donors (Lipinski definition) is 3. The van der Waals surface area contributed by atoms with E-state index in [-0.39, 0.29) is 60.5 Å². The maximum atomic E-state index is 13.6. The first-order valence-corrected chi connectivity index (χ1v) is 26.0. The molecule has 4 fully saturated rings. The molecule has 1 aromatic heterocycles. The Kier molecular flexibility index (Phi) is 14.1. The van der Waals surface area contributed by atoms with Crippen LogP contribution in [0.3, 0.4) is 0 Å². The fraction of sp³-hybridized carbons (Fsp3) is 0.460. The molecule has 1 saturated carbocycles. The van der Waals surface area contributed by atoms with Gasteiger partial charge in [0.15, 0.2) is 5.75 Å². The van der Waals surface area contributed by atoms with Crippen LogP contribution in [0.1, 0.15) is 108 Å². The lowest BCUT2D eigenvalue weighted by Gasteiger charge is -2.53. The topological polar surface area (TPSA) is 216 Å². The third kappa shape index (κ3) is 10.2. The van der Waals surface area contributed by atoms with E-state index >= 15 is 0 Å². The van der Waals surface area contributed by atoms with Crippen LogP contribution in [0, 0.1) is 22.7 Å². The average molecular weight is 1010 g/mol. The molecule has 9 rings (SSSR count). The Balaban J connectivity index is 0.707. The smallest absolute Gasteiger partial charge is 0.303 e. The first kappa shape index (κ1) is 49.2. The van der Waals surface area contributed by atoms with Gasteiger partial charge >= 0.3 is 10.2 Å². The maximum absolute atomic E-state index is 13.6. The van der Waals surface area contributed by atoms with Gasteiger partial charge in [0.25, 0.3) is 11.8 Å². The minimum atomic E-state index is -3.90. The molecule has 0 bridgehead atoms. The molecule has 5 aliphatic rings. The summed E-state index contributed by atoms with van der Waals surface area (Å²) in [5.41, 5.74) is 3.48. The number of nitrogens with one attached hydrogen (secondary N) is 3. The van der Waals surface area contributed by atoms with Crippen molar-refractivity contribution in [2.24, 2.45) is 11.3 Å². The minimum absolute atomic E-state index is 0.0295. The van der Waals surface area contributed by atoms with Crippen LogP contribution < -0.4 is 24.8 Å². The molecule has 3 N–H and O–H groups in total. The van der Waals surface area contributed by atoms with Gasteiger partial charge in [-0.25, -0.2) is 14.7 Å². The Labute approximate surface area is 417 Å². The fourth-order valence-electron chi connectivity index (χ4n) is 10.6. The normalized spacial score (nSPS) is 20.2. The number of carbonyl (C=O) groups excluding carboxylic acids is 4. The Morgan fingerprint density at radius 2 is 1.69 bits per heavy atom. The largest absolute Gasteiger partial charge is 0.489 e. The van der Waals surface area contributed by atoms with E-state index in [2.05, 4.69) is 36.3 Å². The van der Waals surface area contributed by atoms with Gasteiger partial charge in [-0.3, -0.25) is 29.4 Å². The highest BCUT2D eigenvalue weighted by atomic mass is 35.5. The van der Waals surface area contributed by atoms with E-state index in [1.165, 1.54) is 10.5 Å². The molecular weight excluding hydrogens is 958 g/mol. The summed E-state index contributed by atoms with van der Waals surface area (Å²) in [6.45, 7) is 8.02. The van der Waals surface area contributed by atoms with Gasteiger partial charge in [0.1, 0.15) is 31.1 Å². The summed E-state index contributed by atoms with van der Waals surface area (Å²) in [4.78, 5) is 63.2. The van der Waals surface area contributed by atoms with Crippen LogP contribution >= 0.6 is 23.2 Å². The van der Waals surface area contributed by atoms with Gasteiger partial charge in [-0.05, 0) is 123 Å². The zero-order chi connectivity index (χ0) is 49.4. The number of anilines is 2. The fourth-order valence-corrected chi connectivity index (χ4v) is 12.1. The number of piperidine rings is 3. The zero-order valence-corrected chi connectivity index (χ0v) is 41.3. The highest BCUT2D eigenvalue weighted by Crippen LogP contribution is 2.51. The molecule has 1 spiro atoms. The number of benzene rings is 3. The second kappa shape index (κ2) is 20.1. The van der Waals surface area contributed by atoms with E-state index in [0.29, 0.717) is 52.5 Å². The van der Waals surface area contributed by atoms with E-state index in [9.17, 15) is 32.9 Å². The molecule has 4 aromatic rings. The van der Waals surface area contributed by atoms with Crippen molar-refractivity contribution in [1.82, 2.24) is 29.4 Å². The number of imide groups is 2. The second-order valence-electron chi connectivity index (χ2n) is 19.5. The molecule has 1 unspecified atom stereocenters. The third-order valence-electron chi connectivity index (χ3n) is 14.6. The zero-order valence-electron chi connectivity index (χ0n) is 39.0. The Bertz CT molecular complexity index is 2840. The van der Waals surface area contributed by atoms with Gasteiger partial charge in [0.05, 0.1) is 33.3 Å². The molecule has 3 saturated heterocycles. The monoisotopic (exact) mass is 1010 g/mol. The van der Waals surface area contributed by atoms with Crippen molar-refractivity contribution in [2.75, 3.05) is 55.2 Å². The van der Waals surface area contributed by atoms with E-state index in [4.69, 9.17) is 32.7 Å². The van der Waals surface area contributed by atoms with Crippen LogP contribution in [0.5, 0.6) is 11.5 Å². The van der Waals surface area contributed by atoms with Crippen molar-refractivity contribution in [3.63, 3.8) is 0 Å². The molecule has 5 heterocycles. The number of ether oxygens (including phenoxy) is 2. The third-order valence-corrected chi connectivity index (χ3v) is 16.6. The number of aromatic nitrogens is 2. The summed E-state index contributed by atoms with van der Waals surface area (Å²) in [6, 6.07) is 19.3. The first-order valence-electron chi connectivity index (χ1n) is 23.7. The van der Waals surface area contributed by atoms with Crippen molar-refractivity contribution in [2.45, 2.75) is 89.3 Å². The summed E-state index contributed by atoms with van der Waals surface area (Å²) in [5.74, 6) is -0.545. The number of nitrogens with zero attached hydrogens (tertiary/aromatic N) is 6. The maximum Gasteiger partial charge on any atom is 0.303 e. The molecular formula is C50H55Cl2N9O8S. The van der Waals surface area contributed by atoms with Crippen LogP contribution in [0.2, 0.25) is 5.02 Å². The molecule has 20 heteroatoms. The van der Waals surface area contributed by atoms with Gasteiger partial charge in [0.2, 0.25) is 17.8 Å². The average Bonchev–Trinajstić information content (AvgIpc) is 3.59.